The molecule has 1 aliphatic rings. The van der Waals surface area contributed by atoms with Crippen molar-refractivity contribution >= 4 is 46.0 Å². The van der Waals surface area contributed by atoms with Crippen molar-refractivity contribution in [2.75, 3.05) is 4.90 Å². The van der Waals surface area contributed by atoms with Gasteiger partial charge in [0.2, 0.25) is 0 Å². The van der Waals surface area contributed by atoms with E-state index in [2.05, 4.69) is 0 Å². The number of thiocarbonyl (C=S) groups is 1. The van der Waals surface area contributed by atoms with Gasteiger partial charge in [-0.25, -0.2) is 0 Å². The van der Waals surface area contributed by atoms with Gasteiger partial charge in [-0.15, -0.1) is 0 Å². The third-order valence-corrected chi connectivity index (χ3v) is 4.94. The number of carbonyl (C=O) groups is 1. The molecule has 0 aliphatic carbocycles. The third kappa shape index (κ3) is 4.11. The van der Waals surface area contributed by atoms with E-state index in [4.69, 9.17) is 17.0 Å². The first-order valence-electron chi connectivity index (χ1n) is 8.05. The Bertz CT molecular complexity index is 824. The molecule has 0 saturated carbocycles. The van der Waals surface area contributed by atoms with Crippen molar-refractivity contribution in [3.05, 3.63) is 64.6 Å². The minimum absolute atomic E-state index is 0.0821. The van der Waals surface area contributed by atoms with Gasteiger partial charge in [-0.3, -0.25) is 9.69 Å². The average Bonchev–Trinajstić information content (AvgIpc) is 2.84. The van der Waals surface area contributed by atoms with Crippen LogP contribution < -0.4 is 9.64 Å². The number of thioether (sulfide) groups is 1. The molecule has 1 aliphatic heterocycles. The maximum atomic E-state index is 12.7. The van der Waals surface area contributed by atoms with Gasteiger partial charge in [-0.2, -0.15) is 0 Å². The minimum Gasteiger partial charge on any atom is -0.491 e. The maximum Gasteiger partial charge on any atom is 0.270 e. The van der Waals surface area contributed by atoms with Crippen molar-refractivity contribution < 1.29 is 9.53 Å². The van der Waals surface area contributed by atoms with Crippen LogP contribution in [-0.4, -0.2) is 16.3 Å². The molecule has 2 aromatic rings. The van der Waals surface area contributed by atoms with Gasteiger partial charge in [0, 0.05) is 0 Å². The standard InChI is InChI=1S/C20H19NO2S2/c1-13(2)23-17-10-6-15(7-11-17)12-18-19(22)21(20(24)25-18)16-8-4-14(3)5-9-16/h4-13H,1-3H3/b18-12+. The van der Waals surface area contributed by atoms with Crippen molar-refractivity contribution in [1.82, 2.24) is 0 Å². The molecule has 3 nitrogen and oxygen atoms in total. The van der Waals surface area contributed by atoms with E-state index in [0.29, 0.717) is 9.23 Å². The first kappa shape index (κ1) is 17.7. The molecule has 0 radical (unpaired) electrons. The number of benzene rings is 2. The van der Waals surface area contributed by atoms with Crippen LogP contribution in [-0.2, 0) is 4.79 Å². The Kier molecular flexibility index (Phi) is 5.25. The van der Waals surface area contributed by atoms with E-state index in [1.54, 1.807) is 4.90 Å². The van der Waals surface area contributed by atoms with Crippen LogP contribution in [0.1, 0.15) is 25.0 Å². The van der Waals surface area contributed by atoms with E-state index in [1.165, 1.54) is 11.8 Å². The Morgan fingerprint density at radius 2 is 1.72 bits per heavy atom. The molecule has 2 aromatic carbocycles. The largest absolute Gasteiger partial charge is 0.491 e. The summed E-state index contributed by atoms with van der Waals surface area (Å²) < 4.78 is 6.20. The zero-order chi connectivity index (χ0) is 18.0. The number of anilines is 1. The Morgan fingerprint density at radius 1 is 1.08 bits per heavy atom. The van der Waals surface area contributed by atoms with Crippen molar-refractivity contribution in [3.63, 3.8) is 0 Å². The SMILES string of the molecule is Cc1ccc(N2C(=O)/C(=C\c3ccc(OC(C)C)cc3)SC2=S)cc1. The number of amides is 1. The second kappa shape index (κ2) is 7.42. The van der Waals surface area contributed by atoms with Gasteiger partial charge in [-0.05, 0) is 56.7 Å². The van der Waals surface area contributed by atoms with Crippen molar-refractivity contribution in [3.8, 4) is 5.75 Å². The zero-order valence-corrected chi connectivity index (χ0v) is 16.0. The van der Waals surface area contributed by atoms with Crippen LogP contribution >= 0.6 is 24.0 Å². The number of ether oxygens (including phenoxy) is 1. The summed E-state index contributed by atoms with van der Waals surface area (Å²) in [4.78, 5) is 15.0. The number of carbonyl (C=O) groups excluding carboxylic acids is 1. The van der Waals surface area contributed by atoms with Gasteiger partial charge in [0.15, 0.2) is 4.32 Å². The predicted octanol–water partition coefficient (Wildman–Crippen LogP) is 5.19. The molecule has 128 valence electrons. The summed E-state index contributed by atoms with van der Waals surface area (Å²) in [5.74, 6) is 0.737. The molecule has 1 saturated heterocycles. The zero-order valence-electron chi connectivity index (χ0n) is 14.4. The van der Waals surface area contributed by atoms with Crippen LogP contribution in [0.25, 0.3) is 6.08 Å². The lowest BCUT2D eigenvalue weighted by Crippen LogP contribution is -2.27. The highest BCUT2D eigenvalue weighted by Crippen LogP contribution is 2.36. The van der Waals surface area contributed by atoms with E-state index >= 15 is 0 Å². The lowest BCUT2D eigenvalue weighted by atomic mass is 10.2. The molecule has 1 fully saturated rings. The molecule has 3 rings (SSSR count). The lowest BCUT2D eigenvalue weighted by molar-refractivity contribution is -0.113. The molecular formula is C20H19NO2S2. The first-order chi connectivity index (χ1) is 11.9. The number of hydrogen-bond donors (Lipinski definition) is 0. The third-order valence-electron chi connectivity index (χ3n) is 3.64. The van der Waals surface area contributed by atoms with Gasteiger partial charge < -0.3 is 4.74 Å². The van der Waals surface area contributed by atoms with Crippen LogP contribution in [0.15, 0.2) is 53.4 Å². The number of nitrogens with zero attached hydrogens (tertiary/aromatic N) is 1. The molecule has 25 heavy (non-hydrogen) atoms. The van der Waals surface area contributed by atoms with Gasteiger partial charge in [0.1, 0.15) is 5.75 Å². The highest BCUT2D eigenvalue weighted by Gasteiger charge is 2.33. The molecule has 0 bridgehead atoms. The molecule has 5 heteroatoms. The first-order valence-corrected chi connectivity index (χ1v) is 9.28. The molecule has 0 aromatic heterocycles. The van der Waals surface area contributed by atoms with Crippen molar-refractivity contribution in [1.29, 1.82) is 0 Å². The molecule has 0 unspecified atom stereocenters. The van der Waals surface area contributed by atoms with E-state index in [1.807, 2.05) is 75.4 Å². The van der Waals surface area contributed by atoms with Crippen LogP contribution in [0.2, 0.25) is 0 Å². The number of rotatable bonds is 4. The Hall–Kier alpha value is -2.11. The normalized spacial score (nSPS) is 16.2. The summed E-state index contributed by atoms with van der Waals surface area (Å²) in [7, 11) is 0. The van der Waals surface area contributed by atoms with Gasteiger partial charge in [0.05, 0.1) is 16.7 Å². The quantitative estimate of drug-likeness (QED) is 0.548. The summed E-state index contributed by atoms with van der Waals surface area (Å²) in [5.41, 5.74) is 2.89. The Balaban J connectivity index is 1.81. The number of hydrogen-bond acceptors (Lipinski definition) is 4. The van der Waals surface area contributed by atoms with Gasteiger partial charge in [-0.1, -0.05) is 53.8 Å². The van der Waals surface area contributed by atoms with E-state index in [-0.39, 0.29) is 12.0 Å². The fraction of sp³-hybridized carbons (Fsp3) is 0.200. The van der Waals surface area contributed by atoms with E-state index in [0.717, 1.165) is 22.6 Å². The van der Waals surface area contributed by atoms with Crippen LogP contribution in [0, 0.1) is 6.92 Å². The number of aryl methyl sites for hydroxylation is 1. The molecule has 0 N–H and O–H groups in total. The fourth-order valence-electron chi connectivity index (χ4n) is 2.45. The van der Waals surface area contributed by atoms with Crippen LogP contribution in [0.4, 0.5) is 5.69 Å². The van der Waals surface area contributed by atoms with Crippen LogP contribution in [0.5, 0.6) is 5.75 Å². The highest BCUT2D eigenvalue weighted by molar-refractivity contribution is 8.27. The van der Waals surface area contributed by atoms with Crippen LogP contribution in [0.3, 0.4) is 0 Å². The topological polar surface area (TPSA) is 29.5 Å². The molecule has 0 atom stereocenters. The van der Waals surface area contributed by atoms with E-state index < -0.39 is 0 Å². The average molecular weight is 370 g/mol. The monoisotopic (exact) mass is 369 g/mol. The second-order valence-corrected chi connectivity index (χ2v) is 7.76. The predicted molar refractivity (Wildman–Crippen MR) is 109 cm³/mol. The summed E-state index contributed by atoms with van der Waals surface area (Å²) in [5, 5.41) is 0. The molecular weight excluding hydrogens is 350 g/mol. The van der Waals surface area contributed by atoms with E-state index in [9.17, 15) is 4.79 Å². The van der Waals surface area contributed by atoms with Gasteiger partial charge in [0.25, 0.3) is 5.91 Å². The summed E-state index contributed by atoms with van der Waals surface area (Å²) >= 11 is 6.73. The molecule has 0 spiro atoms. The summed E-state index contributed by atoms with van der Waals surface area (Å²) in [6.07, 6.45) is 2.00. The minimum atomic E-state index is -0.0821. The smallest absolute Gasteiger partial charge is 0.270 e. The highest BCUT2D eigenvalue weighted by atomic mass is 32.2. The van der Waals surface area contributed by atoms with Crippen molar-refractivity contribution in [2.45, 2.75) is 26.9 Å². The maximum absolute atomic E-state index is 12.7. The lowest BCUT2D eigenvalue weighted by Gasteiger charge is -2.14. The Morgan fingerprint density at radius 3 is 2.32 bits per heavy atom. The second-order valence-electron chi connectivity index (χ2n) is 6.09. The fourth-order valence-corrected chi connectivity index (χ4v) is 3.75. The van der Waals surface area contributed by atoms with Crippen molar-refractivity contribution in [2.24, 2.45) is 0 Å². The summed E-state index contributed by atoms with van der Waals surface area (Å²) in [6.45, 7) is 6.00. The summed E-state index contributed by atoms with van der Waals surface area (Å²) in [6, 6.07) is 15.5. The molecule has 1 heterocycles. The Labute approximate surface area is 157 Å². The molecule has 1 amide bonds. The van der Waals surface area contributed by atoms with Gasteiger partial charge >= 0.3 is 0 Å².